The first-order valence-corrected chi connectivity index (χ1v) is 7.54. The Morgan fingerprint density at radius 2 is 2.00 bits per heavy atom. The van der Waals surface area contributed by atoms with E-state index in [1.807, 2.05) is 0 Å². The summed E-state index contributed by atoms with van der Waals surface area (Å²) < 4.78 is 0. The molecule has 0 amide bonds. The number of rotatable bonds is 0. The Balaban J connectivity index is 4.71. The third-order valence-corrected chi connectivity index (χ3v) is 8.51. The first kappa shape index (κ1) is 8.01. The molecular formula is C2H4S5. The average molecular weight is 188 g/mol. The van der Waals surface area contributed by atoms with Gasteiger partial charge in [-0.1, -0.05) is 13.1 Å². The Kier molecular flexibility index (Phi) is 4.52. The van der Waals surface area contributed by atoms with E-state index >= 15 is 0 Å². The van der Waals surface area contributed by atoms with Crippen LogP contribution in [0.2, 0.25) is 0 Å². The molecule has 0 unspecified atom stereocenters. The first-order valence-electron chi connectivity index (χ1n) is 1.42. The van der Waals surface area contributed by atoms with Crippen molar-refractivity contribution < 1.29 is 0 Å². The summed E-state index contributed by atoms with van der Waals surface area (Å²) in [4.78, 5) is 0. The minimum Gasteiger partial charge on any atom is -0.0816 e. The molecule has 0 aliphatic heterocycles. The van der Waals surface area contributed by atoms with Crippen LogP contribution in [-0.4, -0.2) is 0 Å². The lowest BCUT2D eigenvalue weighted by Gasteiger charge is -1.67. The predicted molar refractivity (Wildman–Crippen MR) is 47.8 cm³/mol. The van der Waals surface area contributed by atoms with Crippen molar-refractivity contribution in [2.45, 2.75) is 6.92 Å². The van der Waals surface area contributed by atoms with Gasteiger partial charge in [0.15, 0.2) is 0 Å². The maximum absolute atomic E-state index is 4.80. The molecule has 0 aromatic rings. The molecule has 0 saturated carbocycles. The molecular weight excluding hydrogens is 184 g/mol. The Morgan fingerprint density at radius 3 is 2.00 bits per heavy atom. The Hall–Kier alpha value is 1.01. The molecule has 0 N–H and O–H groups in total. The van der Waals surface area contributed by atoms with Crippen molar-refractivity contribution in [3.63, 3.8) is 0 Å². The van der Waals surface area contributed by atoms with Gasteiger partial charge in [0.05, 0.1) is 0 Å². The van der Waals surface area contributed by atoms with Crippen molar-refractivity contribution in [2.24, 2.45) is 0 Å². The second-order valence-corrected chi connectivity index (χ2v) is 10.2. The summed E-state index contributed by atoms with van der Waals surface area (Å²) in [5.74, 6) is 0. The molecule has 0 aliphatic carbocycles. The molecule has 0 nitrogen and oxygen atoms in total. The van der Waals surface area contributed by atoms with Crippen LogP contribution in [0.15, 0.2) is 0 Å². The number of hydrogen-bond acceptors (Lipinski definition) is 3. The van der Waals surface area contributed by atoms with Crippen LogP contribution in [0.4, 0.5) is 0 Å². The van der Waals surface area contributed by atoms with Crippen LogP contribution in [0.25, 0.3) is 0 Å². The molecule has 0 saturated heterocycles. The second-order valence-electron chi connectivity index (χ2n) is 0.677. The summed E-state index contributed by atoms with van der Waals surface area (Å²) in [6.45, 7) is 1.78. The molecule has 0 aromatic heterocycles. The zero-order valence-electron chi connectivity index (χ0n) is 3.58. The molecule has 0 aliphatic rings. The molecule has 0 radical (unpaired) electrons. The van der Waals surface area contributed by atoms with Gasteiger partial charge < -0.3 is 0 Å². The first-order chi connectivity index (χ1) is 3.18. The molecule has 7 heavy (non-hydrogen) atoms. The SMILES string of the molecule is CC#S(=S)[SH](=S)=S. The van der Waals surface area contributed by atoms with Crippen LogP contribution in [0.5, 0.6) is 0 Å². The predicted octanol–water partition coefficient (Wildman–Crippen LogP) is 0.235. The number of thiol groups is 1. The summed E-state index contributed by atoms with van der Waals surface area (Å²) in [6.07, 6.45) is 0. The van der Waals surface area contributed by atoms with E-state index < -0.39 is 7.05 Å². The quantitative estimate of drug-likeness (QED) is 0.427. The molecule has 0 spiro atoms. The van der Waals surface area contributed by atoms with E-state index in [9.17, 15) is 0 Å². The molecule has 0 atom stereocenters. The summed E-state index contributed by atoms with van der Waals surface area (Å²) in [6, 6.07) is 0. The molecule has 0 aromatic carbocycles. The van der Waals surface area contributed by atoms with Gasteiger partial charge >= 0.3 is 0 Å². The topological polar surface area (TPSA) is 0 Å². The zero-order valence-corrected chi connectivity index (χ0v) is 7.74. The fourth-order valence-corrected chi connectivity index (χ4v) is 2.01. The van der Waals surface area contributed by atoms with Crippen LogP contribution >= 0.6 is 0 Å². The highest BCUT2D eigenvalue weighted by Crippen LogP contribution is 1.63. The van der Waals surface area contributed by atoms with Gasteiger partial charge in [-0.25, -0.2) is 0 Å². The van der Waals surface area contributed by atoms with Crippen LogP contribution < -0.4 is 0 Å². The van der Waals surface area contributed by atoms with Crippen LogP contribution in [-0.2, 0) is 48.5 Å². The van der Waals surface area contributed by atoms with Crippen molar-refractivity contribution in [3.05, 3.63) is 0 Å². The molecule has 0 heterocycles. The lowest BCUT2D eigenvalue weighted by molar-refractivity contribution is 1.96. The Morgan fingerprint density at radius 1 is 1.57 bits per heavy atom. The van der Waals surface area contributed by atoms with Crippen molar-refractivity contribution in [3.8, 4) is 5.18 Å². The fraction of sp³-hybridized carbons (Fsp3) is 0.500. The third-order valence-electron chi connectivity index (χ3n) is 0.310. The minimum atomic E-state index is -0.764. The molecule has 0 rings (SSSR count). The van der Waals surface area contributed by atoms with Gasteiger partial charge in [0.2, 0.25) is 0 Å². The average Bonchev–Trinajstić information content (AvgIpc) is 1.65. The molecule has 5 heteroatoms. The minimum absolute atomic E-state index is 0.301. The smallest absolute Gasteiger partial charge is 0.000409 e. The van der Waals surface area contributed by atoms with Crippen molar-refractivity contribution >= 4 is 48.5 Å². The normalized spacial score (nSPS) is 8.29. The zero-order chi connectivity index (χ0) is 5.86. The summed E-state index contributed by atoms with van der Waals surface area (Å²) in [5.41, 5.74) is 0. The molecule has 0 bridgehead atoms. The summed E-state index contributed by atoms with van der Waals surface area (Å²) in [5, 5.41) is 2.83. The summed E-state index contributed by atoms with van der Waals surface area (Å²) in [7, 11) is -1.06. The van der Waals surface area contributed by atoms with E-state index in [2.05, 4.69) is 5.18 Å². The summed E-state index contributed by atoms with van der Waals surface area (Å²) >= 11 is 14.3. The van der Waals surface area contributed by atoms with Gasteiger partial charge in [0.25, 0.3) is 0 Å². The van der Waals surface area contributed by atoms with Crippen molar-refractivity contribution in [1.29, 1.82) is 0 Å². The van der Waals surface area contributed by atoms with Gasteiger partial charge in [-0.2, -0.15) is 0 Å². The standard InChI is InChI=1S/C2H4S5/c1-2-6(3)7(4)5/h7H,1H3. The van der Waals surface area contributed by atoms with Gasteiger partial charge in [0.1, 0.15) is 0 Å². The second kappa shape index (κ2) is 3.95. The van der Waals surface area contributed by atoms with Crippen LogP contribution in [0, 0.1) is 5.18 Å². The molecule has 42 valence electrons. The lowest BCUT2D eigenvalue weighted by Crippen LogP contribution is -1.62. The fourth-order valence-electron chi connectivity index (χ4n) is 0.0745. The van der Waals surface area contributed by atoms with Gasteiger partial charge in [-0.3, -0.25) is 0 Å². The van der Waals surface area contributed by atoms with Crippen LogP contribution in [0.3, 0.4) is 0 Å². The van der Waals surface area contributed by atoms with Crippen molar-refractivity contribution in [2.75, 3.05) is 0 Å². The Bertz CT molecular complexity index is 225. The highest BCUT2D eigenvalue weighted by Gasteiger charge is 1.59. The third kappa shape index (κ3) is 3.58. The molecule has 0 fully saturated rings. The Labute approximate surface area is 60.4 Å². The van der Waals surface area contributed by atoms with E-state index in [0.717, 1.165) is 0 Å². The van der Waals surface area contributed by atoms with E-state index in [4.69, 9.17) is 33.6 Å². The van der Waals surface area contributed by atoms with Gasteiger partial charge in [0, 0.05) is 6.92 Å². The van der Waals surface area contributed by atoms with Crippen molar-refractivity contribution in [1.82, 2.24) is 0 Å². The van der Waals surface area contributed by atoms with Crippen LogP contribution in [0.1, 0.15) is 6.92 Å². The largest absolute Gasteiger partial charge is 0.0816 e. The monoisotopic (exact) mass is 188 g/mol. The highest BCUT2D eigenvalue weighted by molar-refractivity contribution is 8.90. The van der Waals surface area contributed by atoms with Gasteiger partial charge in [-0.05, 0) is 40.6 Å². The highest BCUT2D eigenvalue weighted by atomic mass is 33.6. The van der Waals surface area contributed by atoms with E-state index in [1.165, 1.54) is 0 Å². The van der Waals surface area contributed by atoms with E-state index in [0.29, 0.717) is 0 Å². The number of hydrogen-bond donors (Lipinski definition) is 1. The van der Waals surface area contributed by atoms with E-state index in [1.54, 1.807) is 6.92 Å². The van der Waals surface area contributed by atoms with Gasteiger partial charge in [-0.15, -0.1) is 0 Å². The maximum atomic E-state index is 4.80. The van der Waals surface area contributed by atoms with E-state index in [-0.39, 0.29) is 7.89 Å². The lowest BCUT2D eigenvalue weighted by atomic mass is 11.0. The maximum Gasteiger partial charge on any atom is 0.000409 e.